The number of ether oxygens (including phenoxy) is 4. The van der Waals surface area contributed by atoms with Gasteiger partial charge in [0.2, 0.25) is 5.17 Å². The molecule has 0 aromatic heterocycles. The maximum Gasteiger partial charge on any atom is 0.283 e. The summed E-state index contributed by atoms with van der Waals surface area (Å²) in [5.41, 5.74) is 3.19. The highest BCUT2D eigenvalue weighted by Gasteiger charge is 2.35. The average molecular weight is 585 g/mol. The molecule has 3 aromatic carbocycles. The second kappa shape index (κ2) is 13.4. The van der Waals surface area contributed by atoms with Gasteiger partial charge in [-0.25, -0.2) is 0 Å². The molecule has 0 aliphatic carbocycles. The number of hydrogen-bond acceptors (Lipinski definition) is 8. The van der Waals surface area contributed by atoms with Gasteiger partial charge in [-0.3, -0.25) is 10.2 Å². The largest absolute Gasteiger partial charge is 0.490 e. The van der Waals surface area contributed by atoms with Crippen LogP contribution in [0.2, 0.25) is 0 Å². The number of para-hydroxylation sites is 1. The minimum Gasteiger partial charge on any atom is -0.490 e. The quantitative estimate of drug-likeness (QED) is 0.202. The number of rotatable bonds is 12. The van der Waals surface area contributed by atoms with Crippen molar-refractivity contribution in [2.75, 3.05) is 26.4 Å². The molecule has 0 atom stereocenters. The molecule has 216 valence electrons. The van der Waals surface area contributed by atoms with Crippen molar-refractivity contribution in [3.63, 3.8) is 0 Å². The molecule has 2 aliphatic rings. The molecule has 2 heterocycles. The summed E-state index contributed by atoms with van der Waals surface area (Å²) in [6.45, 7) is 7.41. The molecule has 0 spiro atoms. The number of amidine groups is 2. The maximum atomic E-state index is 12.9. The van der Waals surface area contributed by atoms with E-state index >= 15 is 0 Å². The number of nitrogens with one attached hydrogen (secondary N) is 1. The molecule has 9 nitrogen and oxygen atoms in total. The number of amides is 1. The van der Waals surface area contributed by atoms with Gasteiger partial charge in [-0.2, -0.15) is 15.1 Å². The van der Waals surface area contributed by atoms with Crippen LogP contribution in [-0.2, 0) is 11.2 Å². The molecule has 0 unspecified atom stereocenters. The summed E-state index contributed by atoms with van der Waals surface area (Å²) < 4.78 is 23.5. The summed E-state index contributed by atoms with van der Waals surface area (Å²) >= 11 is 1.22. The van der Waals surface area contributed by atoms with Gasteiger partial charge in [-0.15, -0.1) is 0 Å². The average Bonchev–Trinajstić information content (AvgIpc) is 3.40. The predicted octanol–water partition coefficient (Wildman–Crippen LogP) is 6.11. The van der Waals surface area contributed by atoms with E-state index in [0.29, 0.717) is 52.8 Å². The van der Waals surface area contributed by atoms with Gasteiger partial charge < -0.3 is 18.9 Å². The first kappa shape index (κ1) is 28.9. The molecule has 42 heavy (non-hydrogen) atoms. The van der Waals surface area contributed by atoms with Crippen LogP contribution >= 0.6 is 11.8 Å². The molecule has 1 amide bonds. The number of benzene rings is 3. The third kappa shape index (κ3) is 7.01. The van der Waals surface area contributed by atoms with Crippen LogP contribution in [0.4, 0.5) is 0 Å². The van der Waals surface area contributed by atoms with Gasteiger partial charge in [0.05, 0.1) is 12.2 Å². The Morgan fingerprint density at radius 3 is 2.50 bits per heavy atom. The highest BCUT2D eigenvalue weighted by Crippen LogP contribution is 2.32. The first-order valence-electron chi connectivity index (χ1n) is 13.7. The Kier molecular flexibility index (Phi) is 9.23. The zero-order valence-electron chi connectivity index (χ0n) is 23.8. The van der Waals surface area contributed by atoms with E-state index < -0.39 is 5.91 Å². The number of fused-ring (bicyclic) bond motifs is 1. The number of hydrazone groups is 1. The lowest BCUT2D eigenvalue weighted by atomic mass is 10.1. The molecule has 0 fully saturated rings. The highest BCUT2D eigenvalue weighted by molar-refractivity contribution is 8.27. The molecule has 10 heteroatoms. The first-order chi connectivity index (χ1) is 20.4. The van der Waals surface area contributed by atoms with Crippen LogP contribution in [-0.4, -0.2) is 53.4 Å². The molecule has 5 rings (SSSR count). The van der Waals surface area contributed by atoms with Gasteiger partial charge in [0.25, 0.3) is 5.91 Å². The van der Waals surface area contributed by atoms with Crippen molar-refractivity contribution in [3.05, 3.63) is 89.0 Å². The summed E-state index contributed by atoms with van der Waals surface area (Å²) in [4.78, 5) is 17.0. The Bertz CT molecular complexity index is 1570. The van der Waals surface area contributed by atoms with Gasteiger partial charge in [-0.1, -0.05) is 37.3 Å². The zero-order chi connectivity index (χ0) is 29.5. The molecular weight excluding hydrogens is 552 g/mol. The summed E-state index contributed by atoms with van der Waals surface area (Å²) in [5.74, 6) is 2.08. The van der Waals surface area contributed by atoms with Crippen LogP contribution in [0.3, 0.4) is 0 Å². The van der Waals surface area contributed by atoms with Crippen molar-refractivity contribution < 1.29 is 23.7 Å². The van der Waals surface area contributed by atoms with Gasteiger partial charge in [0.15, 0.2) is 17.3 Å². The van der Waals surface area contributed by atoms with Crippen molar-refractivity contribution in [1.82, 2.24) is 5.01 Å². The fraction of sp³-hybridized carbons (Fsp3) is 0.250. The van der Waals surface area contributed by atoms with E-state index in [4.69, 9.17) is 24.4 Å². The van der Waals surface area contributed by atoms with Crippen LogP contribution in [0.5, 0.6) is 23.0 Å². The maximum absolute atomic E-state index is 12.9. The molecule has 0 bridgehead atoms. The van der Waals surface area contributed by atoms with E-state index in [-0.39, 0.29) is 18.0 Å². The third-order valence-corrected chi connectivity index (χ3v) is 7.19. The number of nitrogens with zero attached hydrogens (tertiary/aromatic N) is 3. The summed E-state index contributed by atoms with van der Waals surface area (Å²) in [6, 6.07) is 21.0. The number of aryl methyl sites for hydroxylation is 2. The van der Waals surface area contributed by atoms with E-state index in [1.165, 1.54) is 22.3 Å². The molecule has 0 saturated heterocycles. The molecule has 2 aliphatic heterocycles. The lowest BCUT2D eigenvalue weighted by Crippen LogP contribution is -2.35. The van der Waals surface area contributed by atoms with E-state index in [1.807, 2.05) is 49.4 Å². The van der Waals surface area contributed by atoms with Gasteiger partial charge >= 0.3 is 0 Å². The van der Waals surface area contributed by atoms with Crippen LogP contribution < -0.4 is 18.9 Å². The van der Waals surface area contributed by atoms with E-state index in [2.05, 4.69) is 30.0 Å². The standard InChI is InChI=1S/C32H32N4O5S/c1-4-22-15-21(3)16-25(17-22)39-13-14-40-27-12-11-23(19-28(27)38-5-2)18-26-30(33)36-32(34-31(26)37)42-29(35-36)20-41-24-9-7-6-8-10-24/h6-12,15-19,33H,4-5,13-14,20H2,1-3H3. The fourth-order valence-corrected chi connectivity index (χ4v) is 5.14. The van der Waals surface area contributed by atoms with E-state index in [9.17, 15) is 4.79 Å². The predicted molar refractivity (Wildman–Crippen MR) is 166 cm³/mol. The lowest BCUT2D eigenvalue weighted by molar-refractivity contribution is -0.114. The van der Waals surface area contributed by atoms with Gasteiger partial charge in [0, 0.05) is 0 Å². The van der Waals surface area contributed by atoms with Crippen molar-refractivity contribution in [1.29, 1.82) is 5.41 Å². The normalized spacial score (nSPS) is 15.3. The lowest BCUT2D eigenvalue weighted by Gasteiger charge is -2.20. The smallest absolute Gasteiger partial charge is 0.283 e. The number of carbonyl (C=O) groups excluding carboxylic acids is 1. The summed E-state index contributed by atoms with van der Waals surface area (Å²) in [6.07, 6.45) is 2.56. The number of thioether (sulfide) groups is 1. The zero-order valence-corrected chi connectivity index (χ0v) is 24.6. The molecule has 0 saturated carbocycles. The van der Waals surface area contributed by atoms with Gasteiger partial charge in [-0.05, 0) is 91.2 Å². The Balaban J connectivity index is 1.24. The fourth-order valence-electron chi connectivity index (χ4n) is 4.34. The topological polar surface area (TPSA) is 106 Å². The molecule has 3 aromatic rings. The second-order valence-electron chi connectivity index (χ2n) is 9.46. The number of hydrogen-bond donors (Lipinski definition) is 1. The Morgan fingerprint density at radius 1 is 0.905 bits per heavy atom. The monoisotopic (exact) mass is 584 g/mol. The van der Waals surface area contributed by atoms with Crippen molar-refractivity contribution in [2.24, 2.45) is 10.1 Å². The van der Waals surface area contributed by atoms with Gasteiger partial charge in [0.1, 0.15) is 36.4 Å². The SMILES string of the molecule is CCOc1cc(C=C2C(=N)N3N=C(COc4ccccc4)SC3=NC2=O)ccc1OCCOc1cc(C)cc(CC)c1. The minimum absolute atomic E-state index is 0.0509. The van der Waals surface area contributed by atoms with Crippen LogP contribution in [0.1, 0.15) is 30.5 Å². The molecular formula is C32H32N4O5S. The van der Waals surface area contributed by atoms with Crippen molar-refractivity contribution >= 4 is 39.8 Å². The van der Waals surface area contributed by atoms with Crippen LogP contribution in [0.15, 0.2) is 82.4 Å². The number of carbonyl (C=O) groups is 1. The summed E-state index contributed by atoms with van der Waals surface area (Å²) in [7, 11) is 0. The van der Waals surface area contributed by atoms with Crippen molar-refractivity contribution in [2.45, 2.75) is 27.2 Å². The third-order valence-electron chi connectivity index (χ3n) is 6.31. The first-order valence-corrected chi connectivity index (χ1v) is 14.5. The highest BCUT2D eigenvalue weighted by atomic mass is 32.2. The van der Waals surface area contributed by atoms with Crippen LogP contribution in [0, 0.1) is 12.3 Å². The van der Waals surface area contributed by atoms with E-state index in [1.54, 1.807) is 24.3 Å². The Morgan fingerprint density at radius 2 is 1.71 bits per heavy atom. The molecule has 1 N–H and O–H groups in total. The Labute approximate surface area is 249 Å². The minimum atomic E-state index is -0.503. The van der Waals surface area contributed by atoms with Crippen molar-refractivity contribution in [3.8, 4) is 23.0 Å². The second-order valence-corrected chi connectivity index (χ2v) is 10.5. The van der Waals surface area contributed by atoms with E-state index in [0.717, 1.165) is 17.7 Å². The molecule has 0 radical (unpaired) electrons. The number of aliphatic imine (C=N–C) groups is 1. The van der Waals surface area contributed by atoms with Crippen LogP contribution in [0.25, 0.3) is 6.08 Å². The Hall–Kier alpha value is -4.57. The summed E-state index contributed by atoms with van der Waals surface area (Å²) in [5, 5.41) is 15.4.